The van der Waals surface area contributed by atoms with E-state index >= 15 is 0 Å². The third kappa shape index (κ3) is 1.63. The highest BCUT2D eigenvalue weighted by molar-refractivity contribution is 6.70. The van der Waals surface area contributed by atoms with Gasteiger partial charge in [-0.1, -0.05) is 0 Å². The second-order valence-corrected chi connectivity index (χ2v) is 4.05. The zero-order valence-electron chi connectivity index (χ0n) is 8.97. The summed E-state index contributed by atoms with van der Waals surface area (Å²) in [5, 5.41) is 0. The number of likely N-dealkylation sites (N-methyl/N-ethyl adjacent to an activating group) is 1. The molecular weight excluding hydrogens is 195 g/mol. The summed E-state index contributed by atoms with van der Waals surface area (Å²) in [6, 6.07) is -0.0805. The monoisotopic (exact) mass is 209 g/mol. The molecule has 5 nitrogen and oxygen atoms in total. The SMILES string of the molecule is CO[B]C(=O)[C@@H]1CC[C@@H]2CN1C(=O)N2C. The van der Waals surface area contributed by atoms with Crippen LogP contribution in [0.3, 0.4) is 0 Å². The molecule has 0 aromatic carbocycles. The maximum absolute atomic E-state index is 11.8. The third-order valence-corrected chi connectivity index (χ3v) is 3.21. The van der Waals surface area contributed by atoms with Gasteiger partial charge in [-0.3, -0.25) is 0 Å². The van der Waals surface area contributed by atoms with Gasteiger partial charge in [-0.05, 0) is 12.8 Å². The molecule has 2 fully saturated rings. The molecule has 0 N–H and O–H groups in total. The Morgan fingerprint density at radius 3 is 2.93 bits per heavy atom. The van der Waals surface area contributed by atoms with Gasteiger partial charge in [0, 0.05) is 20.7 Å². The van der Waals surface area contributed by atoms with E-state index in [-0.39, 0.29) is 23.8 Å². The lowest BCUT2D eigenvalue weighted by molar-refractivity contribution is -0.117. The molecule has 0 saturated carbocycles. The second-order valence-electron chi connectivity index (χ2n) is 4.05. The predicted octanol–water partition coefficient (Wildman–Crippen LogP) is -0.323. The fourth-order valence-corrected chi connectivity index (χ4v) is 2.33. The summed E-state index contributed by atoms with van der Waals surface area (Å²) in [5.41, 5.74) is -0.111. The number of hydrogen-bond acceptors (Lipinski definition) is 3. The van der Waals surface area contributed by atoms with Gasteiger partial charge in [0.2, 0.25) is 0 Å². The lowest BCUT2D eigenvalue weighted by Crippen LogP contribution is -2.47. The number of carbonyl (C=O) groups excluding carboxylic acids is 2. The van der Waals surface area contributed by atoms with Gasteiger partial charge >= 0.3 is 13.5 Å². The average molecular weight is 209 g/mol. The zero-order chi connectivity index (χ0) is 11.0. The third-order valence-electron chi connectivity index (χ3n) is 3.21. The quantitative estimate of drug-likeness (QED) is 0.598. The molecule has 2 saturated heterocycles. The molecule has 15 heavy (non-hydrogen) atoms. The fourth-order valence-electron chi connectivity index (χ4n) is 2.33. The van der Waals surface area contributed by atoms with Crippen LogP contribution in [0.5, 0.6) is 0 Å². The largest absolute Gasteiger partial charge is 0.434 e. The summed E-state index contributed by atoms with van der Waals surface area (Å²) in [7, 11) is 4.43. The van der Waals surface area contributed by atoms with E-state index in [4.69, 9.17) is 4.65 Å². The Kier molecular flexibility index (Phi) is 2.69. The molecule has 0 aromatic rings. The van der Waals surface area contributed by atoms with Gasteiger partial charge in [0.1, 0.15) is 5.68 Å². The number of carbonyl (C=O) groups is 2. The number of hydrogen-bond donors (Lipinski definition) is 0. The Morgan fingerprint density at radius 2 is 2.27 bits per heavy atom. The minimum atomic E-state index is -0.321. The van der Waals surface area contributed by atoms with Crippen molar-refractivity contribution < 1.29 is 14.2 Å². The van der Waals surface area contributed by atoms with Crippen molar-refractivity contribution in [2.75, 3.05) is 20.7 Å². The summed E-state index contributed by atoms with van der Waals surface area (Å²) in [5.74, 6) is 0. The summed E-state index contributed by atoms with van der Waals surface area (Å²) in [4.78, 5) is 26.8. The van der Waals surface area contributed by atoms with E-state index in [1.54, 1.807) is 16.8 Å². The number of rotatable bonds is 3. The van der Waals surface area contributed by atoms with E-state index in [1.807, 2.05) is 0 Å². The molecule has 2 rings (SSSR count). The molecule has 2 aliphatic heterocycles. The van der Waals surface area contributed by atoms with Gasteiger partial charge < -0.3 is 19.2 Å². The van der Waals surface area contributed by atoms with E-state index in [2.05, 4.69) is 0 Å². The van der Waals surface area contributed by atoms with Crippen LogP contribution in [0.4, 0.5) is 4.79 Å². The molecule has 2 atom stereocenters. The second kappa shape index (κ2) is 3.85. The molecule has 0 aromatic heterocycles. The molecule has 0 unspecified atom stereocenters. The van der Waals surface area contributed by atoms with Gasteiger partial charge in [-0.15, -0.1) is 0 Å². The van der Waals surface area contributed by atoms with Gasteiger partial charge in [-0.25, -0.2) is 4.79 Å². The fraction of sp³-hybridized carbons (Fsp3) is 0.778. The van der Waals surface area contributed by atoms with Crippen LogP contribution in [-0.2, 0) is 9.45 Å². The Bertz CT molecular complexity index is 297. The van der Waals surface area contributed by atoms with Crippen molar-refractivity contribution in [3.8, 4) is 0 Å². The number of urea groups is 1. The molecule has 2 bridgehead atoms. The molecule has 2 amide bonds. The van der Waals surface area contributed by atoms with Crippen molar-refractivity contribution >= 4 is 19.2 Å². The lowest BCUT2D eigenvalue weighted by atomic mass is 9.82. The topological polar surface area (TPSA) is 49.9 Å². The smallest absolute Gasteiger partial charge is 0.378 e. The van der Waals surface area contributed by atoms with Crippen LogP contribution in [0, 0.1) is 0 Å². The maximum Gasteiger partial charge on any atom is 0.378 e. The van der Waals surface area contributed by atoms with Crippen LogP contribution in [-0.4, -0.2) is 61.8 Å². The van der Waals surface area contributed by atoms with Crippen molar-refractivity contribution in [3.05, 3.63) is 0 Å². The summed E-state index contributed by atoms with van der Waals surface area (Å²) in [6.07, 6.45) is 1.63. The van der Waals surface area contributed by atoms with Gasteiger partial charge in [0.25, 0.3) is 0 Å². The van der Waals surface area contributed by atoms with Crippen LogP contribution in [0.2, 0.25) is 0 Å². The normalized spacial score (nSPS) is 29.6. The highest BCUT2D eigenvalue weighted by Gasteiger charge is 2.44. The first-order valence-corrected chi connectivity index (χ1v) is 5.08. The number of fused-ring (bicyclic) bond motifs is 2. The summed E-state index contributed by atoms with van der Waals surface area (Å²) < 4.78 is 4.70. The zero-order valence-corrected chi connectivity index (χ0v) is 8.97. The van der Waals surface area contributed by atoms with Gasteiger partial charge in [-0.2, -0.15) is 0 Å². The number of piperidine rings is 1. The summed E-state index contributed by atoms with van der Waals surface area (Å²) in [6.45, 7) is 0.670. The van der Waals surface area contributed by atoms with Crippen LogP contribution < -0.4 is 0 Å². The highest BCUT2D eigenvalue weighted by atomic mass is 16.4. The van der Waals surface area contributed by atoms with Crippen molar-refractivity contribution in [2.24, 2.45) is 0 Å². The van der Waals surface area contributed by atoms with E-state index < -0.39 is 0 Å². The first-order valence-electron chi connectivity index (χ1n) is 5.08. The molecule has 2 aliphatic rings. The average Bonchev–Trinajstić information content (AvgIpc) is 2.45. The Hall–Kier alpha value is -1.04. The van der Waals surface area contributed by atoms with E-state index in [1.165, 1.54) is 14.6 Å². The first kappa shape index (κ1) is 10.5. The molecule has 81 valence electrons. The van der Waals surface area contributed by atoms with Crippen molar-refractivity contribution in [1.82, 2.24) is 9.80 Å². The van der Waals surface area contributed by atoms with Crippen LogP contribution in [0.1, 0.15) is 12.8 Å². The number of nitrogens with zero attached hydrogens (tertiary/aromatic N) is 2. The van der Waals surface area contributed by atoms with Crippen molar-refractivity contribution in [2.45, 2.75) is 24.9 Å². The van der Waals surface area contributed by atoms with Crippen LogP contribution in [0.25, 0.3) is 0 Å². The van der Waals surface area contributed by atoms with E-state index in [0.29, 0.717) is 6.54 Å². The van der Waals surface area contributed by atoms with Crippen LogP contribution >= 0.6 is 0 Å². The minimum Gasteiger partial charge on any atom is -0.434 e. The van der Waals surface area contributed by atoms with E-state index in [9.17, 15) is 9.59 Å². The lowest BCUT2D eigenvalue weighted by Gasteiger charge is -2.29. The van der Waals surface area contributed by atoms with Crippen molar-refractivity contribution in [3.63, 3.8) is 0 Å². The maximum atomic E-state index is 11.8. The van der Waals surface area contributed by atoms with Gasteiger partial charge in [0.15, 0.2) is 0 Å². The Labute approximate surface area is 89.6 Å². The highest BCUT2D eigenvalue weighted by Crippen LogP contribution is 2.28. The number of amides is 2. The molecule has 1 radical (unpaired) electrons. The van der Waals surface area contributed by atoms with Gasteiger partial charge in [0.05, 0.1) is 12.1 Å². The molecular formula is C9H14BN2O3. The van der Waals surface area contributed by atoms with Crippen LogP contribution in [0.15, 0.2) is 0 Å². The molecule has 0 spiro atoms. The Balaban J connectivity index is 2.10. The summed E-state index contributed by atoms with van der Waals surface area (Å²) >= 11 is 0. The van der Waals surface area contributed by atoms with Crippen molar-refractivity contribution in [1.29, 1.82) is 0 Å². The Morgan fingerprint density at radius 1 is 1.53 bits per heavy atom. The minimum absolute atomic E-state index is 0.0413. The van der Waals surface area contributed by atoms with E-state index in [0.717, 1.165) is 12.8 Å². The standard InChI is InChI=1S/C9H14BN2O3/c1-11-6-3-4-7(8(13)10-15-2)12(5-6)9(11)14/h6-7H,3-5H2,1-2H3/t6-,7+/m1/s1. The molecule has 6 heteroatoms. The molecule has 2 heterocycles. The first-order chi connectivity index (χ1) is 7.15. The predicted molar refractivity (Wildman–Crippen MR) is 54.4 cm³/mol. The molecule has 0 aliphatic carbocycles.